The smallest absolute Gasteiger partial charge is 0.243 e. The maximum atomic E-state index is 13.2. The molecule has 0 radical (unpaired) electrons. The highest BCUT2D eigenvalue weighted by Crippen LogP contribution is 2.31. The molecular weight excluding hydrogens is 320 g/mol. The van der Waals surface area contributed by atoms with E-state index in [4.69, 9.17) is 0 Å². The van der Waals surface area contributed by atoms with Crippen molar-refractivity contribution in [2.24, 2.45) is 0 Å². The van der Waals surface area contributed by atoms with Crippen molar-refractivity contribution in [2.45, 2.75) is 24.8 Å². The molecule has 1 aliphatic rings. The Hall–Kier alpha value is -1.69. The number of likely N-dealkylation sites (N-methyl/N-ethyl adjacent to an activating group) is 1. The minimum atomic E-state index is -3.52. The Labute approximate surface area is 144 Å². The van der Waals surface area contributed by atoms with E-state index in [0.717, 1.165) is 23.2 Å². The molecular formula is C19H24N2O2S. The van der Waals surface area contributed by atoms with Crippen LogP contribution in [0.4, 0.5) is 0 Å². The first-order valence-electron chi connectivity index (χ1n) is 8.22. The molecule has 1 fully saturated rings. The summed E-state index contributed by atoms with van der Waals surface area (Å²) < 4.78 is 28.2. The molecule has 1 heterocycles. The summed E-state index contributed by atoms with van der Waals surface area (Å²) in [5.74, 6) is 0. The van der Waals surface area contributed by atoms with E-state index in [9.17, 15) is 8.42 Å². The average Bonchev–Trinajstić information content (AvgIpc) is 2.57. The summed E-state index contributed by atoms with van der Waals surface area (Å²) in [5.41, 5.74) is 3.14. The Balaban J connectivity index is 2.02. The number of benzene rings is 2. The second-order valence-electron chi connectivity index (χ2n) is 6.55. The fourth-order valence-corrected chi connectivity index (χ4v) is 4.83. The van der Waals surface area contributed by atoms with Gasteiger partial charge in [-0.3, -0.25) is 0 Å². The lowest BCUT2D eigenvalue weighted by Crippen LogP contribution is -2.49. The topological polar surface area (TPSA) is 40.6 Å². The minimum absolute atomic E-state index is 0.156. The van der Waals surface area contributed by atoms with Crippen LogP contribution in [0.2, 0.25) is 0 Å². The van der Waals surface area contributed by atoms with Crippen LogP contribution in [0.1, 0.15) is 22.7 Å². The lowest BCUT2D eigenvalue weighted by molar-refractivity contribution is 0.160. The molecule has 1 atom stereocenters. The van der Waals surface area contributed by atoms with Crippen LogP contribution in [0.3, 0.4) is 0 Å². The quantitative estimate of drug-likeness (QED) is 0.859. The summed E-state index contributed by atoms with van der Waals surface area (Å²) in [6.07, 6.45) is 0. The third-order valence-electron chi connectivity index (χ3n) is 4.80. The molecule has 0 aliphatic carbocycles. The summed E-state index contributed by atoms with van der Waals surface area (Å²) in [5, 5.41) is 0. The molecule has 0 bridgehead atoms. The summed E-state index contributed by atoms with van der Waals surface area (Å²) in [6, 6.07) is 15.1. The van der Waals surface area contributed by atoms with E-state index >= 15 is 0 Å². The molecule has 0 spiro atoms. The molecule has 4 nitrogen and oxygen atoms in total. The van der Waals surface area contributed by atoms with Gasteiger partial charge in [-0.2, -0.15) is 4.31 Å². The van der Waals surface area contributed by atoms with Crippen LogP contribution in [0.25, 0.3) is 0 Å². The van der Waals surface area contributed by atoms with Crippen LogP contribution in [0.5, 0.6) is 0 Å². The van der Waals surface area contributed by atoms with Crippen LogP contribution < -0.4 is 0 Å². The van der Waals surface area contributed by atoms with Gasteiger partial charge in [0.25, 0.3) is 0 Å². The lowest BCUT2D eigenvalue weighted by Gasteiger charge is -2.39. The van der Waals surface area contributed by atoms with Gasteiger partial charge in [-0.05, 0) is 49.7 Å². The van der Waals surface area contributed by atoms with E-state index in [2.05, 4.69) is 4.90 Å². The van der Waals surface area contributed by atoms with Gasteiger partial charge in [-0.15, -0.1) is 0 Å². The van der Waals surface area contributed by atoms with Crippen molar-refractivity contribution in [1.82, 2.24) is 9.21 Å². The van der Waals surface area contributed by atoms with Gasteiger partial charge < -0.3 is 4.90 Å². The van der Waals surface area contributed by atoms with Gasteiger partial charge in [0.15, 0.2) is 0 Å². The van der Waals surface area contributed by atoms with Crippen LogP contribution in [0, 0.1) is 13.8 Å². The van der Waals surface area contributed by atoms with Gasteiger partial charge in [-0.1, -0.05) is 36.4 Å². The number of rotatable bonds is 3. The second-order valence-corrected chi connectivity index (χ2v) is 8.44. The third-order valence-corrected chi connectivity index (χ3v) is 6.71. The summed E-state index contributed by atoms with van der Waals surface area (Å²) in [4.78, 5) is 2.57. The zero-order valence-corrected chi connectivity index (χ0v) is 15.3. The molecule has 0 amide bonds. The zero-order valence-electron chi connectivity index (χ0n) is 14.4. The first kappa shape index (κ1) is 17.1. The van der Waals surface area contributed by atoms with E-state index in [1.54, 1.807) is 16.4 Å². The van der Waals surface area contributed by atoms with E-state index in [1.165, 1.54) is 0 Å². The Bertz CT molecular complexity index is 819. The number of piperazine rings is 1. The molecule has 24 heavy (non-hydrogen) atoms. The fourth-order valence-electron chi connectivity index (χ4n) is 3.15. The molecule has 1 aliphatic heterocycles. The van der Waals surface area contributed by atoms with E-state index in [1.807, 2.05) is 57.3 Å². The number of nitrogens with zero attached hydrogens (tertiary/aromatic N) is 2. The summed E-state index contributed by atoms with van der Waals surface area (Å²) in [7, 11) is -1.48. The van der Waals surface area contributed by atoms with Crippen molar-refractivity contribution in [3.63, 3.8) is 0 Å². The highest BCUT2D eigenvalue weighted by atomic mass is 32.2. The maximum Gasteiger partial charge on any atom is 0.243 e. The SMILES string of the molecule is Cc1ccc(S(=O)(=O)N2CCN(C)C[C@@H]2c2ccccc2)cc1C. The second kappa shape index (κ2) is 6.67. The predicted molar refractivity (Wildman–Crippen MR) is 96.5 cm³/mol. The predicted octanol–water partition coefficient (Wildman–Crippen LogP) is 2.98. The zero-order chi connectivity index (χ0) is 17.3. The standard InChI is InChI=1S/C19H24N2O2S/c1-15-9-10-18(13-16(15)2)24(22,23)21-12-11-20(3)14-19(21)17-7-5-4-6-8-17/h4-10,13,19H,11-12,14H2,1-3H3/t19-/m1/s1. The van der Waals surface area contributed by atoms with Crippen LogP contribution in [0.15, 0.2) is 53.4 Å². The Morgan fingerprint density at radius 2 is 1.67 bits per heavy atom. The Kier molecular flexibility index (Phi) is 4.76. The van der Waals surface area contributed by atoms with Gasteiger partial charge in [-0.25, -0.2) is 8.42 Å². The molecule has 5 heteroatoms. The molecule has 2 aromatic carbocycles. The Morgan fingerprint density at radius 1 is 0.958 bits per heavy atom. The van der Waals surface area contributed by atoms with Gasteiger partial charge in [0.05, 0.1) is 10.9 Å². The van der Waals surface area contributed by atoms with Crippen molar-refractivity contribution < 1.29 is 8.42 Å². The fraction of sp³-hybridized carbons (Fsp3) is 0.368. The maximum absolute atomic E-state index is 13.2. The first-order chi connectivity index (χ1) is 11.4. The molecule has 3 rings (SSSR count). The Morgan fingerprint density at radius 3 is 2.33 bits per heavy atom. The van der Waals surface area contributed by atoms with Gasteiger partial charge >= 0.3 is 0 Å². The van der Waals surface area contributed by atoms with Crippen LogP contribution in [-0.4, -0.2) is 44.3 Å². The molecule has 0 N–H and O–H groups in total. The summed E-state index contributed by atoms with van der Waals surface area (Å²) in [6.45, 7) is 5.90. The molecule has 0 saturated carbocycles. The highest BCUT2D eigenvalue weighted by Gasteiger charge is 2.36. The summed E-state index contributed by atoms with van der Waals surface area (Å²) >= 11 is 0. The number of aryl methyl sites for hydroxylation is 2. The van der Waals surface area contributed by atoms with Gasteiger partial charge in [0.2, 0.25) is 10.0 Å². The monoisotopic (exact) mass is 344 g/mol. The van der Waals surface area contributed by atoms with Crippen molar-refractivity contribution >= 4 is 10.0 Å². The van der Waals surface area contributed by atoms with Crippen molar-refractivity contribution in [1.29, 1.82) is 0 Å². The highest BCUT2D eigenvalue weighted by molar-refractivity contribution is 7.89. The molecule has 2 aromatic rings. The third kappa shape index (κ3) is 3.24. The average molecular weight is 344 g/mol. The van der Waals surface area contributed by atoms with Gasteiger partial charge in [0, 0.05) is 19.6 Å². The molecule has 1 saturated heterocycles. The largest absolute Gasteiger partial charge is 0.303 e. The molecule has 0 unspecified atom stereocenters. The normalized spacial score (nSPS) is 20.2. The molecule has 128 valence electrons. The number of hydrogen-bond acceptors (Lipinski definition) is 3. The van der Waals surface area contributed by atoms with Crippen molar-refractivity contribution in [3.05, 3.63) is 65.2 Å². The molecule has 0 aromatic heterocycles. The van der Waals surface area contributed by atoms with Crippen molar-refractivity contribution in [2.75, 3.05) is 26.7 Å². The van der Waals surface area contributed by atoms with E-state index in [0.29, 0.717) is 18.0 Å². The van der Waals surface area contributed by atoms with Crippen molar-refractivity contribution in [3.8, 4) is 0 Å². The van der Waals surface area contributed by atoms with E-state index in [-0.39, 0.29) is 6.04 Å². The first-order valence-corrected chi connectivity index (χ1v) is 9.66. The van der Waals surface area contributed by atoms with Crippen LogP contribution in [-0.2, 0) is 10.0 Å². The van der Waals surface area contributed by atoms with Crippen LogP contribution >= 0.6 is 0 Å². The number of hydrogen-bond donors (Lipinski definition) is 0. The van der Waals surface area contributed by atoms with Gasteiger partial charge in [0.1, 0.15) is 0 Å². The van der Waals surface area contributed by atoms with E-state index < -0.39 is 10.0 Å². The number of sulfonamides is 1. The lowest BCUT2D eigenvalue weighted by atomic mass is 10.1. The minimum Gasteiger partial charge on any atom is -0.303 e.